The third kappa shape index (κ3) is 2.25. The second kappa shape index (κ2) is 5.17. The second-order valence-electron chi connectivity index (χ2n) is 4.83. The molecule has 1 aromatic carbocycles. The minimum absolute atomic E-state index is 0.0101. The number of amides is 2. The van der Waals surface area contributed by atoms with Crippen LogP contribution in [0.3, 0.4) is 0 Å². The van der Waals surface area contributed by atoms with Crippen molar-refractivity contribution in [3.8, 4) is 0 Å². The van der Waals surface area contributed by atoms with E-state index in [9.17, 15) is 9.59 Å². The van der Waals surface area contributed by atoms with Crippen LogP contribution in [0.4, 0.5) is 0 Å². The van der Waals surface area contributed by atoms with Gasteiger partial charge in [-0.1, -0.05) is 17.7 Å². The van der Waals surface area contributed by atoms with Gasteiger partial charge in [-0.2, -0.15) is 0 Å². The van der Waals surface area contributed by atoms with Gasteiger partial charge in [-0.05, 0) is 12.1 Å². The van der Waals surface area contributed by atoms with Gasteiger partial charge in [0.15, 0.2) is 0 Å². The topological polar surface area (TPSA) is 56.4 Å². The second-order valence-corrected chi connectivity index (χ2v) is 5.26. The predicted molar refractivity (Wildman–Crippen MR) is 76.8 cm³/mol. The fraction of sp³-hybridized carbons (Fsp3) is 0.286. The number of hydrogen-bond donors (Lipinski definition) is 1. The molecule has 2 amide bonds. The first-order valence-electron chi connectivity index (χ1n) is 6.44. The van der Waals surface area contributed by atoms with Crippen LogP contribution >= 0.6 is 11.6 Å². The van der Waals surface area contributed by atoms with E-state index >= 15 is 0 Å². The molecule has 0 atom stereocenters. The van der Waals surface area contributed by atoms with Crippen LogP contribution in [0.15, 0.2) is 24.4 Å². The van der Waals surface area contributed by atoms with Gasteiger partial charge in [0.05, 0.1) is 5.56 Å². The lowest BCUT2D eigenvalue weighted by Crippen LogP contribution is -2.48. The van der Waals surface area contributed by atoms with Gasteiger partial charge in [0.1, 0.15) is 0 Å². The Morgan fingerprint density at radius 3 is 2.70 bits per heavy atom. The molecule has 1 saturated heterocycles. The maximum absolute atomic E-state index is 12.5. The Hall–Kier alpha value is -2.01. The molecule has 1 aromatic heterocycles. The Kier molecular flexibility index (Phi) is 3.36. The average Bonchev–Trinajstić information content (AvgIpc) is 2.89. The molecule has 1 aliphatic heterocycles. The highest BCUT2D eigenvalue weighted by molar-refractivity contribution is 6.31. The summed E-state index contributed by atoms with van der Waals surface area (Å²) in [6, 6.07) is 5.43. The van der Waals surface area contributed by atoms with E-state index in [0.29, 0.717) is 36.8 Å². The summed E-state index contributed by atoms with van der Waals surface area (Å²) < 4.78 is 0. The van der Waals surface area contributed by atoms with Gasteiger partial charge in [0.25, 0.3) is 5.91 Å². The summed E-state index contributed by atoms with van der Waals surface area (Å²) >= 11 is 5.93. The van der Waals surface area contributed by atoms with Gasteiger partial charge in [-0.25, -0.2) is 0 Å². The zero-order valence-corrected chi connectivity index (χ0v) is 11.6. The number of H-pyrrole nitrogens is 1. The molecule has 0 saturated carbocycles. The summed E-state index contributed by atoms with van der Waals surface area (Å²) in [7, 11) is 0. The van der Waals surface area contributed by atoms with Crippen LogP contribution in [0.25, 0.3) is 10.9 Å². The Morgan fingerprint density at radius 1 is 1.25 bits per heavy atom. The molecular formula is C14H14ClN3O2. The molecule has 1 N–H and O–H groups in total. The molecule has 1 fully saturated rings. The van der Waals surface area contributed by atoms with E-state index in [1.54, 1.807) is 28.1 Å². The normalized spacial score (nSPS) is 15.7. The molecule has 2 heterocycles. The molecule has 3 rings (SSSR count). The van der Waals surface area contributed by atoms with Crippen molar-refractivity contribution in [3.05, 3.63) is 35.0 Å². The fourth-order valence-electron chi connectivity index (χ4n) is 2.48. The first-order chi connectivity index (χ1) is 9.69. The molecule has 5 nitrogen and oxygen atoms in total. The molecule has 0 unspecified atom stereocenters. The van der Waals surface area contributed by atoms with Crippen LogP contribution in [-0.4, -0.2) is 53.3 Å². The van der Waals surface area contributed by atoms with Crippen LogP contribution in [0.1, 0.15) is 10.4 Å². The molecule has 0 aliphatic carbocycles. The number of carbonyl (C=O) groups excluding carboxylic acids is 2. The van der Waals surface area contributed by atoms with Crippen molar-refractivity contribution in [3.63, 3.8) is 0 Å². The number of piperazine rings is 1. The number of nitrogens with one attached hydrogen (secondary N) is 1. The van der Waals surface area contributed by atoms with E-state index in [2.05, 4.69) is 4.98 Å². The third-order valence-electron chi connectivity index (χ3n) is 3.62. The highest BCUT2D eigenvalue weighted by Gasteiger charge is 2.23. The lowest BCUT2D eigenvalue weighted by Gasteiger charge is -2.32. The quantitative estimate of drug-likeness (QED) is 0.857. The Labute approximate surface area is 121 Å². The summed E-state index contributed by atoms with van der Waals surface area (Å²) in [6.07, 6.45) is 2.55. The van der Waals surface area contributed by atoms with Gasteiger partial charge >= 0.3 is 0 Å². The van der Waals surface area contributed by atoms with Crippen molar-refractivity contribution in [1.82, 2.24) is 14.8 Å². The molecule has 2 aromatic rings. The smallest absolute Gasteiger partial charge is 0.256 e. The number of carbonyl (C=O) groups is 2. The Balaban J connectivity index is 1.84. The number of halogens is 1. The van der Waals surface area contributed by atoms with Gasteiger partial charge in [0.2, 0.25) is 6.41 Å². The largest absolute Gasteiger partial charge is 0.360 e. The molecule has 6 heteroatoms. The van der Waals surface area contributed by atoms with E-state index in [1.807, 2.05) is 6.07 Å². The lowest BCUT2D eigenvalue weighted by atomic mass is 10.1. The van der Waals surface area contributed by atoms with Crippen LogP contribution < -0.4 is 0 Å². The average molecular weight is 292 g/mol. The van der Waals surface area contributed by atoms with Gasteiger partial charge in [-0.15, -0.1) is 0 Å². The number of aromatic nitrogens is 1. The van der Waals surface area contributed by atoms with Gasteiger partial charge in [0, 0.05) is 48.3 Å². The first kappa shape index (κ1) is 13.0. The highest BCUT2D eigenvalue weighted by Crippen LogP contribution is 2.23. The number of rotatable bonds is 2. The highest BCUT2D eigenvalue weighted by atomic mass is 35.5. The van der Waals surface area contributed by atoms with Crippen molar-refractivity contribution >= 4 is 34.8 Å². The standard InChI is InChI=1S/C14H14ClN3O2/c15-10-1-2-11-12(8-16-13(11)7-10)14(20)18-5-3-17(9-19)4-6-18/h1-2,7-9,16H,3-6H2. The van der Waals surface area contributed by atoms with Gasteiger partial charge in [-0.3, -0.25) is 9.59 Å². The molecule has 104 valence electrons. The first-order valence-corrected chi connectivity index (χ1v) is 6.82. The molecule has 0 spiro atoms. The zero-order valence-electron chi connectivity index (χ0n) is 10.8. The van der Waals surface area contributed by atoms with Crippen molar-refractivity contribution in [2.75, 3.05) is 26.2 Å². The van der Waals surface area contributed by atoms with Crippen molar-refractivity contribution < 1.29 is 9.59 Å². The minimum atomic E-state index is -0.0101. The molecule has 0 bridgehead atoms. The number of benzene rings is 1. The third-order valence-corrected chi connectivity index (χ3v) is 3.86. The summed E-state index contributed by atoms with van der Waals surface area (Å²) in [6.45, 7) is 2.31. The monoisotopic (exact) mass is 291 g/mol. The van der Waals surface area contributed by atoms with Gasteiger partial charge < -0.3 is 14.8 Å². The number of aromatic amines is 1. The maximum Gasteiger partial charge on any atom is 0.256 e. The Morgan fingerprint density at radius 2 is 2.00 bits per heavy atom. The van der Waals surface area contributed by atoms with Crippen LogP contribution in [-0.2, 0) is 4.79 Å². The van der Waals surface area contributed by atoms with E-state index < -0.39 is 0 Å². The van der Waals surface area contributed by atoms with Crippen molar-refractivity contribution in [1.29, 1.82) is 0 Å². The van der Waals surface area contributed by atoms with Crippen molar-refractivity contribution in [2.24, 2.45) is 0 Å². The SMILES string of the molecule is O=CN1CCN(C(=O)c2c[nH]c3cc(Cl)ccc23)CC1. The minimum Gasteiger partial charge on any atom is -0.360 e. The molecule has 20 heavy (non-hydrogen) atoms. The summed E-state index contributed by atoms with van der Waals surface area (Å²) in [4.78, 5) is 29.7. The molecule has 0 radical (unpaired) electrons. The number of fused-ring (bicyclic) bond motifs is 1. The van der Waals surface area contributed by atoms with E-state index in [1.165, 1.54) is 0 Å². The Bertz CT molecular complexity index is 659. The van der Waals surface area contributed by atoms with Crippen LogP contribution in [0, 0.1) is 0 Å². The number of nitrogens with zero attached hydrogens (tertiary/aromatic N) is 2. The zero-order chi connectivity index (χ0) is 14.1. The maximum atomic E-state index is 12.5. The summed E-state index contributed by atoms with van der Waals surface area (Å²) in [5, 5.41) is 1.51. The van der Waals surface area contributed by atoms with Crippen molar-refractivity contribution in [2.45, 2.75) is 0 Å². The van der Waals surface area contributed by atoms with E-state index in [-0.39, 0.29) is 5.91 Å². The number of hydrogen-bond acceptors (Lipinski definition) is 2. The molecule has 1 aliphatic rings. The van der Waals surface area contributed by atoms with Crippen LogP contribution in [0.2, 0.25) is 5.02 Å². The fourth-order valence-corrected chi connectivity index (χ4v) is 2.65. The van der Waals surface area contributed by atoms with Crippen LogP contribution in [0.5, 0.6) is 0 Å². The predicted octanol–water partition coefficient (Wildman–Crippen LogP) is 1.74. The summed E-state index contributed by atoms with van der Waals surface area (Å²) in [5.74, 6) is -0.0101. The summed E-state index contributed by atoms with van der Waals surface area (Å²) in [5.41, 5.74) is 1.50. The molecular weight excluding hydrogens is 278 g/mol. The van der Waals surface area contributed by atoms with E-state index in [0.717, 1.165) is 17.3 Å². The lowest BCUT2D eigenvalue weighted by molar-refractivity contribution is -0.119. The van der Waals surface area contributed by atoms with E-state index in [4.69, 9.17) is 11.6 Å².